The van der Waals surface area contributed by atoms with Crippen molar-refractivity contribution >= 4 is 0 Å². The van der Waals surface area contributed by atoms with Crippen molar-refractivity contribution in [3.05, 3.63) is 39.6 Å². The molecular weight excluding hydrogens is 183 g/mol. The first-order chi connectivity index (χ1) is 6.58. The van der Waals surface area contributed by atoms with Gasteiger partial charge in [-0.2, -0.15) is 9.37 Å². The van der Waals surface area contributed by atoms with Gasteiger partial charge in [0.1, 0.15) is 5.82 Å². The van der Waals surface area contributed by atoms with E-state index in [4.69, 9.17) is 0 Å². The van der Waals surface area contributed by atoms with Crippen LogP contribution in [0.5, 0.6) is 0 Å². The monoisotopic (exact) mass is 192 g/mol. The van der Waals surface area contributed by atoms with Gasteiger partial charge in [-0.15, -0.1) is 0 Å². The molecule has 0 bridgehead atoms. The lowest BCUT2D eigenvalue weighted by atomic mass is 10.1. The fourth-order valence-corrected chi connectivity index (χ4v) is 1.33. The summed E-state index contributed by atoms with van der Waals surface area (Å²) in [5.74, 6) is -0.156. The maximum Gasteiger partial charge on any atom is 0.274 e. The third-order valence-electron chi connectivity index (χ3n) is 2.14. The lowest BCUT2D eigenvalue weighted by molar-refractivity contribution is 0.573. The average Bonchev–Trinajstić information content (AvgIpc) is 2.11. The summed E-state index contributed by atoms with van der Waals surface area (Å²) in [6, 6.07) is 3.37. The number of hydrogen-bond acceptors (Lipinski definition) is 2. The van der Waals surface area contributed by atoms with Gasteiger partial charge in [0, 0.05) is 16.7 Å². The molecular formula is C10H9FN2O. The number of fused-ring (bicyclic) bond motifs is 1. The zero-order chi connectivity index (χ0) is 10.3. The molecule has 0 spiro atoms. The minimum Gasteiger partial charge on any atom is -0.316 e. The van der Waals surface area contributed by atoms with Crippen molar-refractivity contribution in [3.8, 4) is 11.4 Å². The number of hydrogen-bond donors (Lipinski definition) is 1. The second-order valence-corrected chi connectivity index (χ2v) is 3.31. The summed E-state index contributed by atoms with van der Waals surface area (Å²) in [6.07, 6.45) is 0. The fraction of sp³-hybridized carbons (Fsp3) is 0.200. The van der Waals surface area contributed by atoms with Gasteiger partial charge in [-0.3, -0.25) is 4.79 Å². The summed E-state index contributed by atoms with van der Waals surface area (Å²) in [5.41, 5.74) is 1.51. The molecule has 0 aromatic rings. The Balaban J connectivity index is 2.85. The summed E-state index contributed by atoms with van der Waals surface area (Å²) in [7, 11) is 0. The van der Waals surface area contributed by atoms with Crippen LogP contribution in [-0.2, 0) is 0 Å². The third-order valence-corrected chi connectivity index (χ3v) is 2.14. The Morgan fingerprint density at radius 3 is 2.64 bits per heavy atom. The van der Waals surface area contributed by atoms with Crippen molar-refractivity contribution in [3.63, 3.8) is 0 Å². The van der Waals surface area contributed by atoms with Crippen LogP contribution in [0.25, 0.3) is 11.4 Å². The number of aromatic nitrogens is 2. The van der Waals surface area contributed by atoms with Gasteiger partial charge in [-0.1, -0.05) is 0 Å². The normalized spacial score (nSPS) is 10.8. The molecule has 0 amide bonds. The van der Waals surface area contributed by atoms with Gasteiger partial charge < -0.3 is 4.98 Å². The second kappa shape index (κ2) is 2.90. The molecule has 1 N–H and O–H groups in total. The van der Waals surface area contributed by atoms with E-state index >= 15 is 0 Å². The quantitative estimate of drug-likeness (QED) is 0.645. The van der Waals surface area contributed by atoms with E-state index in [9.17, 15) is 9.18 Å². The van der Waals surface area contributed by atoms with E-state index in [-0.39, 0.29) is 5.56 Å². The van der Waals surface area contributed by atoms with E-state index < -0.39 is 5.95 Å². The minimum atomic E-state index is -0.451. The number of aryl methyl sites for hydroxylation is 2. The van der Waals surface area contributed by atoms with Crippen LogP contribution in [0.15, 0.2) is 16.9 Å². The van der Waals surface area contributed by atoms with Crippen LogP contribution in [0.3, 0.4) is 0 Å². The fourth-order valence-electron chi connectivity index (χ4n) is 1.33. The molecule has 2 aliphatic heterocycles. The van der Waals surface area contributed by atoms with Crippen LogP contribution in [0, 0.1) is 19.8 Å². The van der Waals surface area contributed by atoms with Crippen molar-refractivity contribution in [2.45, 2.75) is 13.8 Å². The molecule has 2 rings (SSSR count). The summed E-state index contributed by atoms with van der Waals surface area (Å²) in [5, 5.41) is 0. The van der Waals surface area contributed by atoms with Gasteiger partial charge in [0.25, 0.3) is 5.56 Å². The standard InChI is InChI=1S/C10H9FN2O/c1-5-3-7-4-6(2)10(14)13-9(7)12-8(5)11/h3-4H,1-2H3,(H,12,13,14). The van der Waals surface area contributed by atoms with Crippen LogP contribution in [0.4, 0.5) is 4.39 Å². The minimum absolute atomic E-state index is 0.295. The lowest BCUT2D eigenvalue weighted by Crippen LogP contribution is -2.12. The average molecular weight is 192 g/mol. The highest BCUT2D eigenvalue weighted by molar-refractivity contribution is 5.57. The number of rotatable bonds is 0. The van der Waals surface area contributed by atoms with E-state index in [0.717, 1.165) is 5.56 Å². The molecule has 0 unspecified atom stereocenters. The summed E-state index contributed by atoms with van der Waals surface area (Å²) < 4.78 is 13.1. The zero-order valence-electron chi connectivity index (χ0n) is 7.89. The number of nitrogens with zero attached hydrogens (tertiary/aromatic N) is 1. The zero-order valence-corrected chi connectivity index (χ0v) is 7.89. The van der Waals surface area contributed by atoms with E-state index in [1.165, 1.54) is 0 Å². The summed E-state index contributed by atoms with van der Waals surface area (Å²) in [6.45, 7) is 3.35. The summed E-state index contributed by atoms with van der Waals surface area (Å²) in [4.78, 5) is 17.3. The Bertz CT molecular complexity index is 518. The Hall–Kier alpha value is -1.71. The second-order valence-electron chi connectivity index (χ2n) is 3.31. The molecule has 0 saturated heterocycles. The van der Waals surface area contributed by atoms with Crippen molar-refractivity contribution in [1.82, 2.24) is 9.97 Å². The third kappa shape index (κ3) is 1.28. The van der Waals surface area contributed by atoms with Gasteiger partial charge in [0.2, 0.25) is 0 Å². The first kappa shape index (κ1) is 8.87. The number of aromatic amines is 1. The van der Waals surface area contributed by atoms with E-state index in [0.29, 0.717) is 17.0 Å². The first-order valence-electron chi connectivity index (χ1n) is 4.25. The van der Waals surface area contributed by atoms with Crippen LogP contribution in [0.2, 0.25) is 0 Å². The molecule has 0 radical (unpaired) electrons. The number of halogens is 1. The first-order valence-corrected chi connectivity index (χ1v) is 4.25. The highest BCUT2D eigenvalue weighted by Gasteiger charge is 2.09. The van der Waals surface area contributed by atoms with Gasteiger partial charge in [0.05, 0.1) is 0 Å². The van der Waals surface area contributed by atoms with Gasteiger partial charge in [-0.25, -0.2) is 0 Å². The van der Waals surface area contributed by atoms with Crippen molar-refractivity contribution in [2.24, 2.45) is 0 Å². The van der Waals surface area contributed by atoms with E-state index in [1.807, 2.05) is 0 Å². The molecule has 14 heavy (non-hydrogen) atoms. The number of nitrogens with one attached hydrogen (secondary N) is 1. The molecule has 3 nitrogen and oxygen atoms in total. The SMILES string of the molecule is Cc1cc2cc(C)c(=O)nc-2[nH]c1F. The molecule has 0 aliphatic carbocycles. The maximum absolute atomic E-state index is 13.1. The Morgan fingerprint density at radius 2 is 1.93 bits per heavy atom. The molecule has 2 heterocycles. The molecule has 0 saturated carbocycles. The molecule has 2 aliphatic rings. The van der Waals surface area contributed by atoms with Crippen LogP contribution in [-0.4, -0.2) is 9.97 Å². The smallest absolute Gasteiger partial charge is 0.274 e. The van der Waals surface area contributed by atoms with E-state index in [2.05, 4.69) is 9.97 Å². The highest BCUT2D eigenvalue weighted by atomic mass is 19.1. The molecule has 0 aromatic carbocycles. The van der Waals surface area contributed by atoms with Gasteiger partial charge in [-0.05, 0) is 26.0 Å². The molecule has 0 fully saturated rings. The van der Waals surface area contributed by atoms with Crippen LogP contribution in [0.1, 0.15) is 11.1 Å². The van der Waals surface area contributed by atoms with Gasteiger partial charge >= 0.3 is 0 Å². The Morgan fingerprint density at radius 1 is 1.29 bits per heavy atom. The van der Waals surface area contributed by atoms with Crippen LogP contribution >= 0.6 is 0 Å². The predicted octanol–water partition coefficient (Wildman–Crippen LogP) is 1.63. The Kier molecular flexibility index (Phi) is 1.84. The van der Waals surface area contributed by atoms with Crippen molar-refractivity contribution in [1.29, 1.82) is 0 Å². The molecule has 0 atom stereocenters. The maximum atomic E-state index is 13.1. The van der Waals surface area contributed by atoms with E-state index in [1.54, 1.807) is 26.0 Å². The molecule has 0 aromatic heterocycles. The summed E-state index contributed by atoms with van der Waals surface area (Å²) >= 11 is 0. The van der Waals surface area contributed by atoms with Gasteiger partial charge in [0.15, 0.2) is 5.95 Å². The Labute approximate surface area is 80.0 Å². The van der Waals surface area contributed by atoms with Crippen LogP contribution < -0.4 is 5.56 Å². The van der Waals surface area contributed by atoms with Crippen molar-refractivity contribution < 1.29 is 4.39 Å². The molecule has 4 heteroatoms. The predicted molar refractivity (Wildman–Crippen MR) is 50.9 cm³/mol. The number of H-pyrrole nitrogens is 1. The largest absolute Gasteiger partial charge is 0.316 e. The lowest BCUT2D eigenvalue weighted by Gasteiger charge is -2.06. The number of pyridine rings is 2. The molecule has 72 valence electrons. The topological polar surface area (TPSA) is 45.8 Å². The highest BCUT2D eigenvalue weighted by Crippen LogP contribution is 2.18. The van der Waals surface area contributed by atoms with Crippen molar-refractivity contribution in [2.75, 3.05) is 0 Å².